The maximum atomic E-state index is 11.5. The summed E-state index contributed by atoms with van der Waals surface area (Å²) in [4.78, 5) is 11.5. The summed E-state index contributed by atoms with van der Waals surface area (Å²) in [6.07, 6.45) is 1.48. The molecule has 1 rings (SSSR count). The molecule has 0 aromatic carbocycles. The molecular formula is C8H12ClN3O2. The molecule has 0 aliphatic heterocycles. The van der Waals surface area contributed by atoms with Gasteiger partial charge >= 0.3 is 0 Å². The normalized spacial score (nSPS) is 10.2. The molecular weight excluding hydrogens is 206 g/mol. The van der Waals surface area contributed by atoms with Crippen molar-refractivity contribution in [1.29, 1.82) is 0 Å². The maximum absolute atomic E-state index is 11.5. The van der Waals surface area contributed by atoms with Crippen LogP contribution in [0.4, 0.5) is 5.69 Å². The monoisotopic (exact) mass is 217 g/mol. The molecule has 0 radical (unpaired) electrons. The van der Waals surface area contributed by atoms with Crippen molar-refractivity contribution in [1.82, 2.24) is 9.78 Å². The van der Waals surface area contributed by atoms with Gasteiger partial charge in [-0.3, -0.25) is 4.79 Å². The van der Waals surface area contributed by atoms with Gasteiger partial charge in [0.15, 0.2) is 0 Å². The molecule has 6 heteroatoms. The fraction of sp³-hybridized carbons (Fsp3) is 0.500. The van der Waals surface area contributed by atoms with Gasteiger partial charge in [0, 0.05) is 6.54 Å². The molecule has 0 aliphatic carbocycles. The van der Waals surface area contributed by atoms with Crippen LogP contribution in [0.3, 0.4) is 0 Å². The average molecular weight is 218 g/mol. The molecule has 1 aromatic rings. The van der Waals surface area contributed by atoms with E-state index in [9.17, 15) is 4.79 Å². The van der Waals surface area contributed by atoms with E-state index in [4.69, 9.17) is 16.7 Å². The van der Waals surface area contributed by atoms with Crippen molar-refractivity contribution in [2.24, 2.45) is 0 Å². The van der Waals surface area contributed by atoms with Gasteiger partial charge in [-0.2, -0.15) is 5.10 Å². The van der Waals surface area contributed by atoms with E-state index in [2.05, 4.69) is 10.4 Å². The summed E-state index contributed by atoms with van der Waals surface area (Å²) in [5.41, 5.74) is 0.132. The van der Waals surface area contributed by atoms with Gasteiger partial charge in [-0.15, -0.1) is 0 Å². The van der Waals surface area contributed by atoms with Crippen LogP contribution in [-0.2, 0) is 6.54 Å². The smallest absolute Gasteiger partial charge is 0.287 e. The summed E-state index contributed by atoms with van der Waals surface area (Å²) < 4.78 is 1.13. The molecule has 2 N–H and O–H groups in total. The summed E-state index contributed by atoms with van der Waals surface area (Å²) in [6.45, 7) is 2.59. The lowest BCUT2D eigenvalue weighted by molar-refractivity contribution is 0.266. The van der Waals surface area contributed by atoms with Crippen molar-refractivity contribution < 1.29 is 5.11 Å². The lowest BCUT2D eigenvalue weighted by Gasteiger charge is -2.07. The first-order valence-corrected chi connectivity index (χ1v) is 4.68. The number of aliphatic hydroxyl groups excluding tert-OH is 1. The summed E-state index contributed by atoms with van der Waals surface area (Å²) in [6, 6.07) is 0. The molecule has 0 atom stereocenters. The Bertz CT molecular complexity index is 364. The van der Waals surface area contributed by atoms with Crippen molar-refractivity contribution in [2.75, 3.05) is 18.5 Å². The van der Waals surface area contributed by atoms with E-state index in [0.29, 0.717) is 12.2 Å². The number of hydrogen-bond donors (Lipinski definition) is 2. The summed E-state index contributed by atoms with van der Waals surface area (Å²) in [7, 11) is 0. The summed E-state index contributed by atoms with van der Waals surface area (Å²) in [5.74, 6) is 0. The SMILES string of the molecule is CCNc1cnn(CCO)c(=O)c1Cl. The highest BCUT2D eigenvalue weighted by molar-refractivity contribution is 6.32. The van der Waals surface area contributed by atoms with Crippen LogP contribution in [0.2, 0.25) is 5.02 Å². The number of hydrogen-bond acceptors (Lipinski definition) is 4. The Labute approximate surface area is 86.3 Å². The van der Waals surface area contributed by atoms with Gasteiger partial charge in [-0.05, 0) is 6.92 Å². The molecule has 0 saturated heterocycles. The fourth-order valence-corrected chi connectivity index (χ4v) is 1.25. The molecule has 0 aliphatic rings. The molecule has 14 heavy (non-hydrogen) atoms. The van der Waals surface area contributed by atoms with E-state index in [-0.39, 0.29) is 23.7 Å². The Morgan fingerprint density at radius 2 is 2.43 bits per heavy atom. The van der Waals surface area contributed by atoms with Crippen LogP contribution >= 0.6 is 11.6 Å². The third kappa shape index (κ3) is 2.24. The minimum atomic E-state index is -0.390. The van der Waals surface area contributed by atoms with Crippen LogP contribution < -0.4 is 10.9 Å². The van der Waals surface area contributed by atoms with Crippen molar-refractivity contribution >= 4 is 17.3 Å². The van der Waals surface area contributed by atoms with Crippen LogP contribution in [-0.4, -0.2) is 28.0 Å². The third-order valence-corrected chi connectivity index (χ3v) is 2.03. The van der Waals surface area contributed by atoms with E-state index in [1.54, 1.807) is 0 Å². The number of aliphatic hydroxyl groups is 1. The topological polar surface area (TPSA) is 67.2 Å². The lowest BCUT2D eigenvalue weighted by atomic mass is 10.4. The van der Waals surface area contributed by atoms with Crippen molar-refractivity contribution in [2.45, 2.75) is 13.5 Å². The molecule has 0 saturated carbocycles. The van der Waals surface area contributed by atoms with Crippen LogP contribution in [0.5, 0.6) is 0 Å². The van der Waals surface area contributed by atoms with E-state index < -0.39 is 0 Å². The van der Waals surface area contributed by atoms with Crippen LogP contribution in [0.25, 0.3) is 0 Å². The standard InChI is InChI=1S/C8H12ClN3O2/c1-2-10-6-5-11-12(3-4-13)8(14)7(6)9/h5,10,13H,2-4H2,1H3. The van der Waals surface area contributed by atoms with Crippen molar-refractivity contribution in [3.8, 4) is 0 Å². The second-order valence-electron chi connectivity index (χ2n) is 2.65. The molecule has 78 valence electrons. The summed E-state index contributed by atoms with van der Waals surface area (Å²) in [5, 5.41) is 15.5. The Hall–Kier alpha value is -1.07. The van der Waals surface area contributed by atoms with Gasteiger partial charge in [0.25, 0.3) is 5.56 Å². The van der Waals surface area contributed by atoms with Gasteiger partial charge in [-0.25, -0.2) is 4.68 Å². The predicted molar refractivity (Wildman–Crippen MR) is 54.8 cm³/mol. The van der Waals surface area contributed by atoms with Gasteiger partial charge < -0.3 is 10.4 Å². The van der Waals surface area contributed by atoms with E-state index in [1.807, 2.05) is 6.92 Å². The molecule has 0 fully saturated rings. The van der Waals surface area contributed by atoms with E-state index in [1.165, 1.54) is 6.20 Å². The van der Waals surface area contributed by atoms with E-state index in [0.717, 1.165) is 4.68 Å². The molecule has 1 heterocycles. The Morgan fingerprint density at radius 3 is 3.00 bits per heavy atom. The number of rotatable bonds is 4. The van der Waals surface area contributed by atoms with Gasteiger partial charge in [0.05, 0.1) is 25.0 Å². The Balaban J connectivity index is 3.06. The minimum absolute atomic E-state index is 0.107. The summed E-state index contributed by atoms with van der Waals surface area (Å²) >= 11 is 5.80. The zero-order chi connectivity index (χ0) is 10.6. The maximum Gasteiger partial charge on any atom is 0.287 e. The van der Waals surface area contributed by atoms with Crippen LogP contribution in [0.1, 0.15) is 6.92 Å². The lowest BCUT2D eigenvalue weighted by Crippen LogP contribution is -2.25. The molecule has 0 spiro atoms. The first-order valence-electron chi connectivity index (χ1n) is 4.31. The van der Waals surface area contributed by atoms with Crippen LogP contribution in [0, 0.1) is 0 Å². The fourth-order valence-electron chi connectivity index (χ4n) is 1.03. The first kappa shape index (κ1) is 11.0. The number of aromatic nitrogens is 2. The Morgan fingerprint density at radius 1 is 1.71 bits per heavy atom. The number of nitrogens with one attached hydrogen (secondary N) is 1. The quantitative estimate of drug-likeness (QED) is 0.763. The zero-order valence-corrected chi connectivity index (χ0v) is 8.58. The first-order chi connectivity index (χ1) is 6.70. The second kappa shape index (κ2) is 4.97. The molecule has 0 bridgehead atoms. The van der Waals surface area contributed by atoms with Gasteiger partial charge in [0.2, 0.25) is 0 Å². The number of halogens is 1. The second-order valence-corrected chi connectivity index (χ2v) is 3.03. The highest BCUT2D eigenvalue weighted by atomic mass is 35.5. The van der Waals surface area contributed by atoms with Crippen molar-refractivity contribution in [3.63, 3.8) is 0 Å². The van der Waals surface area contributed by atoms with Gasteiger partial charge in [0.1, 0.15) is 5.02 Å². The largest absolute Gasteiger partial charge is 0.394 e. The average Bonchev–Trinajstić information content (AvgIpc) is 2.18. The Kier molecular flexibility index (Phi) is 3.91. The molecule has 0 amide bonds. The number of nitrogens with zero attached hydrogens (tertiary/aromatic N) is 2. The highest BCUT2D eigenvalue weighted by Gasteiger charge is 2.07. The van der Waals surface area contributed by atoms with Crippen LogP contribution in [0.15, 0.2) is 11.0 Å². The van der Waals surface area contributed by atoms with Crippen molar-refractivity contribution in [3.05, 3.63) is 21.6 Å². The number of anilines is 1. The minimum Gasteiger partial charge on any atom is -0.394 e. The third-order valence-electron chi connectivity index (χ3n) is 1.66. The molecule has 5 nitrogen and oxygen atoms in total. The van der Waals surface area contributed by atoms with E-state index >= 15 is 0 Å². The predicted octanol–water partition coefficient (Wildman–Crippen LogP) is 0.321. The highest BCUT2D eigenvalue weighted by Crippen LogP contribution is 2.14. The molecule has 0 unspecified atom stereocenters. The molecule has 1 aromatic heterocycles. The zero-order valence-electron chi connectivity index (χ0n) is 7.83. The van der Waals surface area contributed by atoms with Gasteiger partial charge in [-0.1, -0.05) is 11.6 Å².